The van der Waals surface area contributed by atoms with E-state index in [1.54, 1.807) is 18.2 Å². The molecule has 1 aliphatic heterocycles. The highest BCUT2D eigenvalue weighted by atomic mass is 79.9. The summed E-state index contributed by atoms with van der Waals surface area (Å²) in [6.45, 7) is 1.28. The molecule has 21 heavy (non-hydrogen) atoms. The smallest absolute Gasteiger partial charge is 0.181 e. The van der Waals surface area contributed by atoms with Crippen molar-refractivity contribution in [3.8, 4) is 11.5 Å². The van der Waals surface area contributed by atoms with Crippen LogP contribution < -0.4 is 14.8 Å². The van der Waals surface area contributed by atoms with Crippen molar-refractivity contribution >= 4 is 27.4 Å². The van der Waals surface area contributed by atoms with Crippen LogP contribution >= 0.6 is 15.9 Å². The molecule has 3 rings (SSSR count). The minimum Gasteiger partial charge on any atom is -0.486 e. The quantitative estimate of drug-likeness (QED) is 0.859. The van der Waals surface area contributed by atoms with Gasteiger partial charge in [0.25, 0.3) is 0 Å². The van der Waals surface area contributed by atoms with E-state index in [2.05, 4.69) is 21.2 Å². The molecule has 0 radical (unpaired) electrons. The van der Waals surface area contributed by atoms with Crippen LogP contribution in [-0.4, -0.2) is 25.5 Å². The van der Waals surface area contributed by atoms with Crippen LogP contribution in [0.5, 0.6) is 11.5 Å². The van der Waals surface area contributed by atoms with Crippen molar-refractivity contribution in [3.63, 3.8) is 0 Å². The third kappa shape index (κ3) is 3.19. The molecule has 0 aliphatic carbocycles. The van der Waals surface area contributed by atoms with Crippen molar-refractivity contribution in [2.75, 3.05) is 25.1 Å². The van der Waals surface area contributed by atoms with Gasteiger partial charge in [0.1, 0.15) is 13.2 Å². The molecule has 0 atom stereocenters. The Bertz CT molecular complexity index is 672. The number of ether oxygens (including phenoxy) is 2. The molecule has 1 aliphatic rings. The maximum absolute atomic E-state index is 12.2. The lowest BCUT2D eigenvalue weighted by atomic mass is 10.1. The number of para-hydroxylation sites is 1. The molecule has 0 saturated carbocycles. The van der Waals surface area contributed by atoms with E-state index in [0.717, 1.165) is 10.2 Å². The lowest BCUT2D eigenvalue weighted by Gasteiger charge is -2.18. The van der Waals surface area contributed by atoms with Gasteiger partial charge in [-0.2, -0.15) is 0 Å². The summed E-state index contributed by atoms with van der Waals surface area (Å²) in [6.07, 6.45) is 0. The van der Waals surface area contributed by atoms with Gasteiger partial charge in [0, 0.05) is 15.7 Å². The summed E-state index contributed by atoms with van der Waals surface area (Å²) >= 11 is 3.44. The van der Waals surface area contributed by atoms with Gasteiger partial charge in [-0.15, -0.1) is 0 Å². The van der Waals surface area contributed by atoms with E-state index in [4.69, 9.17) is 9.47 Å². The second-order valence-electron chi connectivity index (χ2n) is 4.62. The van der Waals surface area contributed by atoms with Gasteiger partial charge in [0.15, 0.2) is 17.3 Å². The number of rotatable bonds is 4. The number of ketones is 1. The largest absolute Gasteiger partial charge is 0.486 e. The number of Topliss-reactive ketones (excluding diaryl/α,β-unsaturated/α-hetero) is 1. The molecule has 0 saturated heterocycles. The highest BCUT2D eigenvalue weighted by molar-refractivity contribution is 9.10. The molecular formula is C16H14BrNO3. The third-order valence-corrected chi connectivity index (χ3v) is 3.87. The molecule has 1 heterocycles. The average molecular weight is 348 g/mol. The first-order chi connectivity index (χ1) is 10.2. The lowest BCUT2D eigenvalue weighted by molar-refractivity contribution is 0.100. The van der Waals surface area contributed by atoms with Gasteiger partial charge in [0.05, 0.1) is 6.54 Å². The SMILES string of the molecule is O=C(CNc1ccccc1Br)c1ccc2c(c1)OCCO2. The fourth-order valence-electron chi connectivity index (χ4n) is 2.10. The number of fused-ring (bicyclic) bond motifs is 1. The molecule has 1 N–H and O–H groups in total. The van der Waals surface area contributed by atoms with E-state index >= 15 is 0 Å². The maximum atomic E-state index is 12.2. The van der Waals surface area contributed by atoms with Crippen molar-refractivity contribution in [3.05, 3.63) is 52.5 Å². The molecule has 108 valence electrons. The number of hydrogen-bond acceptors (Lipinski definition) is 4. The highest BCUT2D eigenvalue weighted by Crippen LogP contribution is 2.31. The molecule has 0 unspecified atom stereocenters. The molecule has 0 amide bonds. The summed E-state index contributed by atoms with van der Waals surface area (Å²) in [7, 11) is 0. The van der Waals surface area contributed by atoms with Crippen LogP contribution in [0.25, 0.3) is 0 Å². The van der Waals surface area contributed by atoms with Crippen molar-refractivity contribution in [2.24, 2.45) is 0 Å². The Hall–Kier alpha value is -2.01. The first kappa shape index (κ1) is 13.9. The normalized spacial score (nSPS) is 12.8. The van der Waals surface area contributed by atoms with Crippen molar-refractivity contribution < 1.29 is 14.3 Å². The number of carbonyl (C=O) groups excluding carboxylic acids is 1. The van der Waals surface area contributed by atoms with E-state index < -0.39 is 0 Å². The fraction of sp³-hybridized carbons (Fsp3) is 0.188. The van der Waals surface area contributed by atoms with Crippen molar-refractivity contribution in [2.45, 2.75) is 0 Å². The summed E-state index contributed by atoms with van der Waals surface area (Å²) in [5.74, 6) is 1.33. The first-order valence-electron chi connectivity index (χ1n) is 6.65. The van der Waals surface area contributed by atoms with Gasteiger partial charge in [0.2, 0.25) is 0 Å². The number of benzene rings is 2. The number of carbonyl (C=O) groups is 1. The average Bonchev–Trinajstić information content (AvgIpc) is 2.53. The Balaban J connectivity index is 1.69. The third-order valence-electron chi connectivity index (χ3n) is 3.18. The van der Waals surface area contributed by atoms with Crippen LogP contribution in [0.4, 0.5) is 5.69 Å². The van der Waals surface area contributed by atoms with Gasteiger partial charge in [-0.25, -0.2) is 0 Å². The minimum atomic E-state index is 0.00252. The zero-order chi connectivity index (χ0) is 14.7. The summed E-state index contributed by atoms with van der Waals surface area (Å²) < 4.78 is 11.9. The molecule has 0 fully saturated rings. The standard InChI is InChI=1S/C16H14BrNO3/c17-12-3-1-2-4-13(12)18-10-14(19)11-5-6-15-16(9-11)21-8-7-20-15/h1-6,9,18H,7-8,10H2. The molecule has 2 aromatic carbocycles. The molecule has 2 aromatic rings. The minimum absolute atomic E-state index is 0.00252. The maximum Gasteiger partial charge on any atom is 0.181 e. The molecule has 0 aromatic heterocycles. The molecule has 0 spiro atoms. The van der Waals surface area contributed by atoms with Gasteiger partial charge in [-0.05, 0) is 46.3 Å². The second-order valence-corrected chi connectivity index (χ2v) is 5.47. The highest BCUT2D eigenvalue weighted by Gasteiger charge is 2.15. The fourth-order valence-corrected chi connectivity index (χ4v) is 2.52. The van der Waals surface area contributed by atoms with Crippen LogP contribution in [0.3, 0.4) is 0 Å². The summed E-state index contributed by atoms with van der Waals surface area (Å²) in [5, 5.41) is 3.12. The van der Waals surface area contributed by atoms with Crippen molar-refractivity contribution in [1.82, 2.24) is 0 Å². The van der Waals surface area contributed by atoms with Gasteiger partial charge in [-0.3, -0.25) is 4.79 Å². The molecule has 4 nitrogen and oxygen atoms in total. The Morgan fingerprint density at radius 1 is 1.10 bits per heavy atom. The lowest BCUT2D eigenvalue weighted by Crippen LogP contribution is -2.17. The Labute approximate surface area is 131 Å². The summed E-state index contributed by atoms with van der Waals surface area (Å²) in [6, 6.07) is 13.0. The molecular weight excluding hydrogens is 334 g/mol. The Morgan fingerprint density at radius 2 is 1.86 bits per heavy atom. The van der Waals surface area contributed by atoms with E-state index in [-0.39, 0.29) is 12.3 Å². The Kier molecular flexibility index (Phi) is 4.10. The summed E-state index contributed by atoms with van der Waals surface area (Å²) in [5.41, 5.74) is 1.50. The monoisotopic (exact) mass is 347 g/mol. The van der Waals surface area contributed by atoms with Crippen LogP contribution in [0.1, 0.15) is 10.4 Å². The topological polar surface area (TPSA) is 47.6 Å². The van der Waals surface area contributed by atoms with Crippen molar-refractivity contribution in [1.29, 1.82) is 0 Å². The predicted octanol–water partition coefficient (Wildman–Crippen LogP) is 3.52. The van der Waals surface area contributed by atoms with Gasteiger partial charge >= 0.3 is 0 Å². The predicted molar refractivity (Wildman–Crippen MR) is 84.4 cm³/mol. The molecule has 0 bridgehead atoms. The van der Waals surface area contributed by atoms with Gasteiger partial charge in [-0.1, -0.05) is 12.1 Å². The van der Waals surface area contributed by atoms with Crippen LogP contribution in [-0.2, 0) is 0 Å². The van der Waals surface area contributed by atoms with Crippen LogP contribution in [0.2, 0.25) is 0 Å². The van der Waals surface area contributed by atoms with Gasteiger partial charge < -0.3 is 14.8 Å². The first-order valence-corrected chi connectivity index (χ1v) is 7.44. The number of nitrogens with one attached hydrogen (secondary N) is 1. The van der Waals surface area contributed by atoms with Crippen LogP contribution in [0.15, 0.2) is 46.9 Å². The summed E-state index contributed by atoms with van der Waals surface area (Å²) in [4.78, 5) is 12.2. The zero-order valence-corrected chi connectivity index (χ0v) is 12.9. The number of halogens is 1. The van der Waals surface area contributed by atoms with E-state index in [9.17, 15) is 4.79 Å². The molecule has 5 heteroatoms. The van der Waals surface area contributed by atoms with E-state index in [1.165, 1.54) is 0 Å². The number of hydrogen-bond donors (Lipinski definition) is 1. The van der Waals surface area contributed by atoms with E-state index in [0.29, 0.717) is 30.3 Å². The number of anilines is 1. The second kappa shape index (κ2) is 6.18. The van der Waals surface area contributed by atoms with E-state index in [1.807, 2.05) is 24.3 Å². The van der Waals surface area contributed by atoms with Crippen LogP contribution in [0, 0.1) is 0 Å². The zero-order valence-electron chi connectivity index (χ0n) is 11.3. The Morgan fingerprint density at radius 3 is 2.67 bits per heavy atom.